The molecule has 0 unspecified atom stereocenters. The normalized spacial score (nSPS) is 24.7. The molecule has 4 atom stereocenters. The van der Waals surface area contributed by atoms with Gasteiger partial charge in [0.15, 0.2) is 0 Å². The average molecular weight is 536 g/mol. The van der Waals surface area contributed by atoms with E-state index in [4.69, 9.17) is 18.6 Å². The maximum absolute atomic E-state index is 13.3. The monoisotopic (exact) mass is 535 g/mol. The van der Waals surface area contributed by atoms with E-state index in [0.717, 1.165) is 31.1 Å². The van der Waals surface area contributed by atoms with Gasteiger partial charge >= 0.3 is 6.09 Å². The molecular weight excluding hydrogens is 502 g/mol. The van der Waals surface area contributed by atoms with Gasteiger partial charge in [0.25, 0.3) is 0 Å². The zero-order valence-corrected chi connectivity index (χ0v) is 22.1. The Morgan fingerprint density at radius 2 is 1.92 bits per heavy atom. The fourth-order valence-electron chi connectivity index (χ4n) is 5.99. The number of aliphatic hydroxyl groups excluding tert-OH is 1. The first kappa shape index (κ1) is 26.9. The Kier molecular flexibility index (Phi) is 7.99. The van der Waals surface area contributed by atoms with Gasteiger partial charge in [-0.3, -0.25) is 9.59 Å². The molecule has 2 saturated heterocycles. The Labute approximate surface area is 227 Å². The highest BCUT2D eigenvalue weighted by Gasteiger charge is 2.59. The van der Waals surface area contributed by atoms with E-state index in [1.807, 2.05) is 42.5 Å². The van der Waals surface area contributed by atoms with Crippen LogP contribution >= 0.6 is 0 Å². The van der Waals surface area contributed by atoms with Crippen LogP contribution in [-0.2, 0) is 25.7 Å². The van der Waals surface area contributed by atoms with Crippen LogP contribution in [0.3, 0.4) is 0 Å². The topological polar surface area (TPSA) is 116 Å². The van der Waals surface area contributed by atoms with Crippen molar-refractivity contribution >= 4 is 24.0 Å². The van der Waals surface area contributed by atoms with Gasteiger partial charge in [-0.2, -0.15) is 4.90 Å². The van der Waals surface area contributed by atoms with E-state index < -0.39 is 29.7 Å². The molecule has 0 spiro atoms. The molecule has 1 aliphatic carbocycles. The Bertz CT molecular complexity index is 1290. The van der Waals surface area contributed by atoms with Crippen LogP contribution in [0.4, 0.5) is 4.79 Å². The summed E-state index contributed by atoms with van der Waals surface area (Å²) in [6.07, 6.45) is 3.39. The van der Waals surface area contributed by atoms with Crippen LogP contribution in [0.25, 0.3) is 6.08 Å². The fraction of sp³-hybridized carbons (Fsp3) is 0.433. The van der Waals surface area contributed by atoms with E-state index in [-0.39, 0.29) is 25.2 Å². The van der Waals surface area contributed by atoms with Gasteiger partial charge in [0, 0.05) is 5.92 Å². The Morgan fingerprint density at radius 1 is 1.13 bits per heavy atom. The van der Waals surface area contributed by atoms with Crippen molar-refractivity contribution in [1.82, 2.24) is 4.90 Å². The van der Waals surface area contributed by atoms with Gasteiger partial charge in [-0.05, 0) is 67.2 Å². The third-order valence-electron chi connectivity index (χ3n) is 7.89. The summed E-state index contributed by atoms with van der Waals surface area (Å²) in [5, 5.41) is 9.28. The van der Waals surface area contributed by atoms with Crippen LogP contribution in [0.15, 0.2) is 63.6 Å². The van der Waals surface area contributed by atoms with E-state index in [1.165, 1.54) is 5.57 Å². The first-order valence-electron chi connectivity index (χ1n) is 13.3. The molecule has 3 aliphatic rings. The molecule has 9 heteroatoms. The third kappa shape index (κ3) is 5.29. The standard InChI is InChI=1S/C30H33NO8/c1-3-18(13-21-10-11-22(15-32)39-21)9-12-25-26-19(16-37-20-7-5-4-6-8-20)14-23-27(24(26)17-38-25)29(34)31(28(23)33)30(35)36-2/h4-8,10-11,13,23-25,27,32H,3,9,12,14-17H2,1-2H3/b18-13+/t23-,24+,25-,27-/m1/s1. The lowest BCUT2D eigenvalue weighted by atomic mass is 9.69. The van der Waals surface area contributed by atoms with Gasteiger partial charge in [0.1, 0.15) is 30.5 Å². The van der Waals surface area contributed by atoms with Crippen molar-refractivity contribution in [3.8, 4) is 5.75 Å². The van der Waals surface area contributed by atoms with Crippen LogP contribution in [0.5, 0.6) is 5.75 Å². The minimum absolute atomic E-state index is 0.147. The highest BCUT2D eigenvalue weighted by Crippen LogP contribution is 2.50. The summed E-state index contributed by atoms with van der Waals surface area (Å²) < 4.78 is 22.7. The lowest BCUT2D eigenvalue weighted by Crippen LogP contribution is -2.38. The van der Waals surface area contributed by atoms with Gasteiger partial charge in [-0.1, -0.05) is 30.7 Å². The molecular formula is C30H33NO8. The van der Waals surface area contributed by atoms with Crippen molar-refractivity contribution < 1.29 is 38.1 Å². The highest BCUT2D eigenvalue weighted by atomic mass is 16.5. The second-order valence-electron chi connectivity index (χ2n) is 10.1. The zero-order chi connectivity index (χ0) is 27.5. The molecule has 3 amide bonds. The van der Waals surface area contributed by atoms with Crippen molar-refractivity contribution in [3.05, 3.63) is 70.7 Å². The van der Waals surface area contributed by atoms with Crippen LogP contribution in [0.2, 0.25) is 0 Å². The predicted octanol–water partition coefficient (Wildman–Crippen LogP) is 4.51. The third-order valence-corrected chi connectivity index (χ3v) is 7.89. The number of hydrogen-bond acceptors (Lipinski definition) is 8. The van der Waals surface area contributed by atoms with E-state index in [2.05, 4.69) is 6.92 Å². The molecule has 39 heavy (non-hydrogen) atoms. The molecule has 2 aromatic rings. The van der Waals surface area contributed by atoms with Gasteiger partial charge in [0.05, 0.1) is 31.7 Å². The maximum Gasteiger partial charge on any atom is 0.423 e. The fourth-order valence-corrected chi connectivity index (χ4v) is 5.99. The summed E-state index contributed by atoms with van der Waals surface area (Å²) in [6.45, 7) is 2.50. The number of furan rings is 1. The molecule has 206 valence electrons. The number of amides is 3. The van der Waals surface area contributed by atoms with Crippen molar-refractivity contribution in [3.63, 3.8) is 0 Å². The molecule has 0 radical (unpaired) electrons. The van der Waals surface area contributed by atoms with E-state index >= 15 is 0 Å². The quantitative estimate of drug-likeness (QED) is 0.369. The van der Waals surface area contributed by atoms with Gasteiger partial charge in [0.2, 0.25) is 11.8 Å². The minimum atomic E-state index is -0.946. The lowest BCUT2D eigenvalue weighted by molar-refractivity contribution is -0.137. The SMILES string of the molecule is CC/C(=C\c1ccc(CO)o1)CC[C@H]1OC[C@H]2C1=C(COc1ccccc1)C[C@H]1C(=O)N(C(=O)OC)C(=O)[C@H]12. The van der Waals surface area contributed by atoms with Crippen molar-refractivity contribution in [1.29, 1.82) is 0 Å². The number of carbonyl (C=O) groups excluding carboxylic acids is 3. The van der Waals surface area contributed by atoms with E-state index in [9.17, 15) is 19.5 Å². The van der Waals surface area contributed by atoms with Crippen molar-refractivity contribution in [2.24, 2.45) is 17.8 Å². The van der Waals surface area contributed by atoms with Crippen molar-refractivity contribution in [2.75, 3.05) is 20.3 Å². The second kappa shape index (κ2) is 11.6. The number of imide groups is 3. The predicted molar refractivity (Wildman–Crippen MR) is 140 cm³/mol. The van der Waals surface area contributed by atoms with Gasteiger partial charge in [-0.25, -0.2) is 4.79 Å². The smallest absolute Gasteiger partial charge is 0.423 e. The number of aliphatic hydroxyl groups is 1. The Hall–Kier alpha value is -3.69. The highest BCUT2D eigenvalue weighted by molar-refractivity contribution is 6.16. The number of fused-ring (bicyclic) bond motifs is 3. The summed E-state index contributed by atoms with van der Waals surface area (Å²) in [4.78, 5) is 39.4. The first-order chi connectivity index (χ1) is 18.9. The number of allylic oxidation sites excluding steroid dienone is 1. The number of carbonyl (C=O) groups is 3. The molecule has 9 nitrogen and oxygen atoms in total. The van der Waals surface area contributed by atoms with Crippen molar-refractivity contribution in [2.45, 2.75) is 45.3 Å². The number of benzene rings is 1. The molecule has 0 saturated carbocycles. The number of nitrogens with zero attached hydrogens (tertiary/aromatic N) is 1. The molecule has 2 fully saturated rings. The minimum Gasteiger partial charge on any atom is -0.489 e. The summed E-state index contributed by atoms with van der Waals surface area (Å²) in [7, 11) is 1.16. The van der Waals surface area contributed by atoms with Crippen LogP contribution in [0.1, 0.15) is 44.1 Å². The number of para-hydroxylation sites is 1. The largest absolute Gasteiger partial charge is 0.489 e. The van der Waals surface area contributed by atoms with Crippen LogP contribution in [0, 0.1) is 17.8 Å². The van der Waals surface area contributed by atoms with E-state index in [0.29, 0.717) is 41.6 Å². The summed E-state index contributed by atoms with van der Waals surface area (Å²) >= 11 is 0. The zero-order valence-electron chi connectivity index (χ0n) is 22.1. The van der Waals surface area contributed by atoms with Crippen LogP contribution < -0.4 is 4.74 Å². The summed E-state index contributed by atoms with van der Waals surface area (Å²) in [5.41, 5.74) is 3.12. The molecule has 2 aliphatic heterocycles. The van der Waals surface area contributed by atoms with Gasteiger partial charge in [-0.15, -0.1) is 0 Å². The van der Waals surface area contributed by atoms with Crippen LogP contribution in [-0.4, -0.2) is 54.3 Å². The Balaban J connectivity index is 1.40. The first-order valence-corrected chi connectivity index (χ1v) is 13.3. The van der Waals surface area contributed by atoms with E-state index in [1.54, 1.807) is 6.07 Å². The summed E-state index contributed by atoms with van der Waals surface area (Å²) in [6, 6.07) is 13.0. The molecule has 1 aromatic heterocycles. The average Bonchev–Trinajstić information content (AvgIpc) is 3.66. The second-order valence-corrected chi connectivity index (χ2v) is 10.1. The number of likely N-dealkylation sites (tertiary alicyclic amines) is 1. The summed E-state index contributed by atoms with van der Waals surface area (Å²) in [5.74, 6) is -0.726. The molecule has 3 heterocycles. The number of ether oxygens (including phenoxy) is 3. The molecule has 5 rings (SSSR count). The molecule has 1 N–H and O–H groups in total. The number of hydrogen-bond donors (Lipinski definition) is 1. The Morgan fingerprint density at radius 3 is 2.62 bits per heavy atom. The molecule has 0 bridgehead atoms. The lowest BCUT2D eigenvalue weighted by Gasteiger charge is -2.31. The van der Waals surface area contributed by atoms with Gasteiger partial charge < -0.3 is 23.7 Å². The number of methoxy groups -OCH3 is 1. The maximum atomic E-state index is 13.3. The number of rotatable bonds is 9. The molecule has 1 aromatic carbocycles.